The lowest BCUT2D eigenvalue weighted by atomic mass is 9.83. The SMILES string of the molecule is CCCCOc1ccc([C@@H]2C(C#N)=C(N)Oc3cc(N)ccc32)cc1. The highest BCUT2D eigenvalue weighted by molar-refractivity contribution is 5.59. The first-order valence-electron chi connectivity index (χ1n) is 8.33. The second kappa shape index (κ2) is 7.18. The number of allylic oxidation sites excluding steroid dienone is 1. The summed E-state index contributed by atoms with van der Waals surface area (Å²) in [5.74, 6) is 1.25. The molecule has 25 heavy (non-hydrogen) atoms. The predicted molar refractivity (Wildman–Crippen MR) is 97.0 cm³/mol. The zero-order valence-electron chi connectivity index (χ0n) is 14.2. The lowest BCUT2D eigenvalue weighted by Gasteiger charge is -2.26. The molecule has 0 spiro atoms. The minimum atomic E-state index is -0.279. The molecule has 0 amide bonds. The van der Waals surface area contributed by atoms with Crippen LogP contribution in [0.1, 0.15) is 36.8 Å². The van der Waals surface area contributed by atoms with Crippen LogP contribution >= 0.6 is 0 Å². The van der Waals surface area contributed by atoms with Crippen LogP contribution in [-0.4, -0.2) is 6.61 Å². The molecule has 5 nitrogen and oxygen atoms in total. The highest BCUT2D eigenvalue weighted by Gasteiger charge is 2.30. The van der Waals surface area contributed by atoms with E-state index in [4.69, 9.17) is 20.9 Å². The number of nitrogens with two attached hydrogens (primary N) is 2. The molecule has 0 aromatic heterocycles. The molecule has 3 rings (SSSR count). The summed E-state index contributed by atoms with van der Waals surface area (Å²) in [6.45, 7) is 2.83. The maximum Gasteiger partial charge on any atom is 0.205 e. The van der Waals surface area contributed by atoms with Crippen LogP contribution in [0.15, 0.2) is 53.9 Å². The van der Waals surface area contributed by atoms with Crippen LogP contribution in [0.4, 0.5) is 5.69 Å². The molecule has 1 aliphatic heterocycles. The summed E-state index contributed by atoms with van der Waals surface area (Å²) in [6, 6.07) is 15.3. The van der Waals surface area contributed by atoms with Crippen molar-refractivity contribution in [2.75, 3.05) is 12.3 Å². The fourth-order valence-corrected chi connectivity index (χ4v) is 2.91. The Morgan fingerprint density at radius 1 is 1.16 bits per heavy atom. The van der Waals surface area contributed by atoms with Gasteiger partial charge in [-0.1, -0.05) is 31.5 Å². The summed E-state index contributed by atoms with van der Waals surface area (Å²) < 4.78 is 11.3. The first kappa shape index (κ1) is 16.7. The number of hydrogen-bond acceptors (Lipinski definition) is 5. The van der Waals surface area contributed by atoms with Crippen molar-refractivity contribution in [3.05, 3.63) is 65.0 Å². The van der Waals surface area contributed by atoms with Gasteiger partial charge in [0.05, 0.1) is 12.5 Å². The highest BCUT2D eigenvalue weighted by atomic mass is 16.5. The molecular formula is C20H21N3O2. The maximum absolute atomic E-state index is 9.55. The lowest BCUT2D eigenvalue weighted by Crippen LogP contribution is -2.21. The Bertz CT molecular complexity index is 835. The molecule has 0 bridgehead atoms. The van der Waals surface area contributed by atoms with E-state index in [0.717, 1.165) is 29.7 Å². The Hall–Kier alpha value is -3.13. The third-order valence-corrected chi connectivity index (χ3v) is 4.22. The number of nitrogen functional groups attached to an aromatic ring is 1. The summed E-state index contributed by atoms with van der Waals surface area (Å²) in [5.41, 5.74) is 14.6. The zero-order valence-corrected chi connectivity index (χ0v) is 14.2. The summed E-state index contributed by atoms with van der Waals surface area (Å²) in [6.07, 6.45) is 2.12. The van der Waals surface area contributed by atoms with Gasteiger partial charge in [0, 0.05) is 17.3 Å². The molecule has 0 fully saturated rings. The van der Waals surface area contributed by atoms with Crippen molar-refractivity contribution in [3.63, 3.8) is 0 Å². The van der Waals surface area contributed by atoms with Crippen molar-refractivity contribution in [3.8, 4) is 17.6 Å². The fraction of sp³-hybridized carbons (Fsp3) is 0.250. The van der Waals surface area contributed by atoms with E-state index in [1.807, 2.05) is 30.3 Å². The van der Waals surface area contributed by atoms with Gasteiger partial charge in [0.1, 0.15) is 23.1 Å². The summed E-state index contributed by atoms with van der Waals surface area (Å²) in [7, 11) is 0. The number of rotatable bonds is 5. The molecule has 1 atom stereocenters. The molecule has 4 N–H and O–H groups in total. The number of ether oxygens (including phenoxy) is 2. The molecule has 2 aromatic rings. The van der Waals surface area contributed by atoms with Crippen LogP contribution in [0, 0.1) is 11.3 Å². The standard InChI is InChI=1S/C20H21N3O2/c1-2-3-10-24-15-7-4-13(5-8-15)19-16-9-6-14(22)11-18(16)25-20(23)17(19)12-21/h4-9,11,19H,2-3,10,22-23H2,1H3/t19-/m0/s1. The number of nitriles is 1. The number of benzene rings is 2. The van der Waals surface area contributed by atoms with Crippen LogP contribution in [0.2, 0.25) is 0 Å². The fourth-order valence-electron chi connectivity index (χ4n) is 2.91. The molecule has 0 aliphatic carbocycles. The Morgan fingerprint density at radius 3 is 2.60 bits per heavy atom. The first-order chi connectivity index (χ1) is 12.1. The minimum absolute atomic E-state index is 0.119. The second-order valence-corrected chi connectivity index (χ2v) is 5.99. The summed E-state index contributed by atoms with van der Waals surface area (Å²) in [5, 5.41) is 9.55. The third-order valence-electron chi connectivity index (χ3n) is 4.22. The molecule has 0 radical (unpaired) electrons. The second-order valence-electron chi connectivity index (χ2n) is 5.99. The Labute approximate surface area is 147 Å². The molecular weight excluding hydrogens is 314 g/mol. The number of anilines is 1. The lowest BCUT2D eigenvalue weighted by molar-refractivity contribution is 0.309. The monoisotopic (exact) mass is 335 g/mol. The Kier molecular flexibility index (Phi) is 4.80. The quantitative estimate of drug-likeness (QED) is 0.642. The van der Waals surface area contributed by atoms with Crippen molar-refractivity contribution in [1.82, 2.24) is 0 Å². The molecule has 2 aromatic carbocycles. The van der Waals surface area contributed by atoms with Gasteiger partial charge in [0.25, 0.3) is 0 Å². The molecule has 5 heteroatoms. The predicted octanol–water partition coefficient (Wildman–Crippen LogP) is 3.67. The van der Waals surface area contributed by atoms with E-state index >= 15 is 0 Å². The zero-order chi connectivity index (χ0) is 17.8. The van der Waals surface area contributed by atoms with Gasteiger partial charge in [-0.25, -0.2) is 0 Å². The van der Waals surface area contributed by atoms with E-state index in [1.54, 1.807) is 12.1 Å². The van der Waals surface area contributed by atoms with Crippen molar-refractivity contribution in [1.29, 1.82) is 5.26 Å². The van der Waals surface area contributed by atoms with Crippen LogP contribution in [0.3, 0.4) is 0 Å². The smallest absolute Gasteiger partial charge is 0.205 e. The third kappa shape index (κ3) is 3.38. The van der Waals surface area contributed by atoms with Crippen molar-refractivity contribution >= 4 is 5.69 Å². The van der Waals surface area contributed by atoms with Gasteiger partial charge in [-0.05, 0) is 30.2 Å². The largest absolute Gasteiger partial charge is 0.494 e. The topological polar surface area (TPSA) is 94.3 Å². The van der Waals surface area contributed by atoms with Crippen LogP contribution < -0.4 is 20.9 Å². The van der Waals surface area contributed by atoms with E-state index in [2.05, 4.69) is 13.0 Å². The van der Waals surface area contributed by atoms with Crippen LogP contribution in [0.25, 0.3) is 0 Å². The van der Waals surface area contributed by atoms with Crippen molar-refractivity contribution in [2.45, 2.75) is 25.7 Å². The van der Waals surface area contributed by atoms with Gasteiger partial charge in [-0.15, -0.1) is 0 Å². The van der Waals surface area contributed by atoms with Gasteiger partial charge < -0.3 is 20.9 Å². The highest BCUT2D eigenvalue weighted by Crippen LogP contribution is 2.42. The minimum Gasteiger partial charge on any atom is -0.494 e. The van der Waals surface area contributed by atoms with Crippen molar-refractivity contribution in [2.24, 2.45) is 5.73 Å². The summed E-state index contributed by atoms with van der Waals surface area (Å²) >= 11 is 0. The molecule has 0 unspecified atom stereocenters. The van der Waals surface area contributed by atoms with Crippen LogP contribution in [0.5, 0.6) is 11.5 Å². The van der Waals surface area contributed by atoms with E-state index in [-0.39, 0.29) is 11.8 Å². The molecule has 1 aliphatic rings. The normalized spacial score (nSPS) is 15.9. The molecule has 0 saturated heterocycles. The number of nitrogens with zero attached hydrogens (tertiary/aromatic N) is 1. The summed E-state index contributed by atoms with van der Waals surface area (Å²) in [4.78, 5) is 0. The van der Waals surface area contributed by atoms with Gasteiger partial charge in [0.15, 0.2) is 0 Å². The average molecular weight is 335 g/mol. The van der Waals surface area contributed by atoms with Gasteiger partial charge in [-0.2, -0.15) is 5.26 Å². The van der Waals surface area contributed by atoms with E-state index in [0.29, 0.717) is 23.6 Å². The van der Waals surface area contributed by atoms with E-state index in [9.17, 15) is 5.26 Å². The number of fused-ring (bicyclic) bond motifs is 1. The molecule has 0 saturated carbocycles. The number of hydrogen-bond donors (Lipinski definition) is 2. The maximum atomic E-state index is 9.55. The number of unbranched alkanes of at least 4 members (excludes halogenated alkanes) is 1. The van der Waals surface area contributed by atoms with Crippen molar-refractivity contribution < 1.29 is 9.47 Å². The average Bonchev–Trinajstić information content (AvgIpc) is 2.61. The molecule has 128 valence electrons. The van der Waals surface area contributed by atoms with Gasteiger partial charge in [0.2, 0.25) is 5.88 Å². The Morgan fingerprint density at radius 2 is 1.92 bits per heavy atom. The van der Waals surface area contributed by atoms with Gasteiger partial charge in [-0.3, -0.25) is 0 Å². The van der Waals surface area contributed by atoms with E-state index < -0.39 is 0 Å². The Balaban J connectivity index is 1.96. The van der Waals surface area contributed by atoms with Gasteiger partial charge >= 0.3 is 0 Å². The van der Waals surface area contributed by atoms with Crippen LogP contribution in [-0.2, 0) is 0 Å². The van der Waals surface area contributed by atoms with E-state index in [1.165, 1.54) is 0 Å². The molecule has 1 heterocycles. The first-order valence-corrected chi connectivity index (χ1v) is 8.33.